The Labute approximate surface area is 133 Å². The first-order valence-electron chi connectivity index (χ1n) is 6.94. The highest BCUT2D eigenvalue weighted by Crippen LogP contribution is 2.35. The Morgan fingerprint density at radius 2 is 1.68 bits per heavy atom. The molecule has 1 saturated heterocycles. The van der Waals surface area contributed by atoms with Crippen LogP contribution in [-0.2, 0) is 0 Å². The normalized spacial score (nSPS) is 18.5. The number of benzene rings is 1. The Morgan fingerprint density at radius 3 is 2.18 bits per heavy atom. The monoisotopic (exact) mass is 386 g/mol. The minimum absolute atomic E-state index is 0.223. The van der Waals surface area contributed by atoms with E-state index in [9.17, 15) is 22.0 Å². The molecule has 1 fully saturated rings. The minimum atomic E-state index is -4.35. The van der Waals surface area contributed by atoms with Gasteiger partial charge in [-0.05, 0) is 18.6 Å². The zero-order chi connectivity index (χ0) is 16.3. The molecule has 0 unspecified atom stereocenters. The van der Waals surface area contributed by atoms with Crippen molar-refractivity contribution in [2.24, 2.45) is 0 Å². The van der Waals surface area contributed by atoms with Gasteiger partial charge in [-0.15, -0.1) is 0 Å². The molecule has 0 radical (unpaired) electrons. The van der Waals surface area contributed by atoms with Crippen LogP contribution in [0.15, 0.2) is 16.6 Å². The lowest BCUT2D eigenvalue weighted by Gasteiger charge is -2.35. The molecule has 0 amide bonds. The van der Waals surface area contributed by atoms with Crippen LogP contribution in [0.5, 0.6) is 0 Å². The molecule has 1 heterocycles. The van der Waals surface area contributed by atoms with Crippen molar-refractivity contribution in [1.29, 1.82) is 0 Å². The quantitative estimate of drug-likeness (QED) is 0.786. The van der Waals surface area contributed by atoms with Crippen LogP contribution in [0.2, 0.25) is 0 Å². The van der Waals surface area contributed by atoms with E-state index in [1.807, 2.05) is 0 Å². The van der Waals surface area contributed by atoms with Crippen molar-refractivity contribution < 1.29 is 22.0 Å². The summed E-state index contributed by atoms with van der Waals surface area (Å²) in [5.41, 5.74) is -0.283. The summed E-state index contributed by atoms with van der Waals surface area (Å²) in [4.78, 5) is 1.71. The third-order valence-electron chi connectivity index (χ3n) is 3.67. The second-order valence-electron chi connectivity index (χ2n) is 5.24. The number of rotatable bonds is 4. The third-order valence-corrected chi connectivity index (χ3v) is 4.13. The summed E-state index contributed by atoms with van der Waals surface area (Å²) in [6.45, 7) is 2.08. The number of nitrogens with zero attached hydrogens (tertiary/aromatic N) is 1. The van der Waals surface area contributed by atoms with Gasteiger partial charge < -0.3 is 5.32 Å². The maximum absolute atomic E-state index is 14.1. The molecule has 0 aromatic heterocycles. The van der Waals surface area contributed by atoms with Gasteiger partial charge in [0.2, 0.25) is 0 Å². The van der Waals surface area contributed by atoms with Crippen molar-refractivity contribution >= 4 is 15.9 Å². The lowest BCUT2D eigenvalue weighted by molar-refractivity contribution is -0.138. The molecule has 0 saturated carbocycles. The molecule has 1 N–H and O–H groups in total. The summed E-state index contributed by atoms with van der Waals surface area (Å²) in [6.07, 6.45) is -5.79. The first kappa shape index (κ1) is 17.6. The van der Waals surface area contributed by atoms with Gasteiger partial charge in [-0.1, -0.05) is 15.9 Å². The van der Waals surface area contributed by atoms with Gasteiger partial charge in [0.1, 0.15) is 11.6 Å². The van der Waals surface area contributed by atoms with Crippen LogP contribution < -0.4 is 5.32 Å². The number of nitrogens with one attached hydrogen (secondary N) is 1. The minimum Gasteiger partial charge on any atom is -0.314 e. The van der Waals surface area contributed by atoms with Crippen LogP contribution in [0.25, 0.3) is 0 Å². The molecule has 8 heteroatoms. The zero-order valence-electron chi connectivity index (χ0n) is 11.7. The summed E-state index contributed by atoms with van der Waals surface area (Å²) in [6, 6.07) is 1.25. The van der Waals surface area contributed by atoms with Crippen LogP contribution in [0.1, 0.15) is 24.4 Å². The van der Waals surface area contributed by atoms with Crippen molar-refractivity contribution in [2.75, 3.05) is 26.2 Å². The van der Waals surface area contributed by atoms with E-state index in [1.165, 1.54) is 0 Å². The highest BCUT2D eigenvalue weighted by Gasteiger charge is 2.33. The third kappa shape index (κ3) is 4.63. The second-order valence-corrected chi connectivity index (χ2v) is 6.15. The SMILES string of the molecule is Fc1cc(Br)cc(F)c1[C@H](CCC(F)(F)F)N1CCNCC1. The van der Waals surface area contributed by atoms with Crippen LogP contribution in [-0.4, -0.2) is 37.3 Å². The highest BCUT2D eigenvalue weighted by molar-refractivity contribution is 9.10. The van der Waals surface area contributed by atoms with E-state index >= 15 is 0 Å². The smallest absolute Gasteiger partial charge is 0.314 e. The van der Waals surface area contributed by atoms with Gasteiger partial charge in [0, 0.05) is 48.7 Å². The highest BCUT2D eigenvalue weighted by atomic mass is 79.9. The predicted octanol–water partition coefficient (Wildman–Crippen LogP) is 4.02. The number of alkyl halides is 3. The largest absolute Gasteiger partial charge is 0.389 e. The van der Waals surface area contributed by atoms with Crippen LogP contribution in [0.3, 0.4) is 0 Å². The van der Waals surface area contributed by atoms with Crippen LogP contribution >= 0.6 is 15.9 Å². The van der Waals surface area contributed by atoms with E-state index < -0.39 is 30.3 Å². The van der Waals surface area contributed by atoms with Gasteiger partial charge in [-0.3, -0.25) is 4.90 Å². The van der Waals surface area contributed by atoms with E-state index in [-0.39, 0.29) is 16.5 Å². The standard InChI is InChI=1S/C14H16BrF5N2/c15-9-7-10(16)13(11(17)8-9)12(1-2-14(18,19)20)22-5-3-21-4-6-22/h7-8,12,21H,1-6H2/t12-/m0/s1. The number of halogens is 6. The van der Waals surface area contributed by atoms with Crippen molar-refractivity contribution in [2.45, 2.75) is 25.1 Å². The average molecular weight is 387 g/mol. The fraction of sp³-hybridized carbons (Fsp3) is 0.571. The fourth-order valence-corrected chi connectivity index (χ4v) is 3.08. The summed E-state index contributed by atoms with van der Waals surface area (Å²) in [5, 5.41) is 3.07. The van der Waals surface area contributed by atoms with Crippen molar-refractivity contribution in [3.63, 3.8) is 0 Å². The molecule has 1 aliphatic heterocycles. The molecule has 2 rings (SSSR count). The number of piperazine rings is 1. The molecule has 0 bridgehead atoms. The summed E-state index contributed by atoms with van der Waals surface area (Å²) in [5.74, 6) is -1.64. The molecule has 1 aromatic carbocycles. The second kappa shape index (κ2) is 7.23. The molecular weight excluding hydrogens is 371 g/mol. The predicted molar refractivity (Wildman–Crippen MR) is 76.5 cm³/mol. The average Bonchev–Trinajstić information content (AvgIpc) is 2.41. The summed E-state index contributed by atoms with van der Waals surface area (Å²) in [7, 11) is 0. The summed E-state index contributed by atoms with van der Waals surface area (Å²) >= 11 is 2.98. The Kier molecular flexibility index (Phi) is 5.79. The van der Waals surface area contributed by atoms with E-state index in [2.05, 4.69) is 21.2 Å². The zero-order valence-corrected chi connectivity index (χ0v) is 13.3. The van der Waals surface area contributed by atoms with Crippen molar-refractivity contribution in [3.05, 3.63) is 33.8 Å². The van der Waals surface area contributed by atoms with Gasteiger partial charge in [0.05, 0.1) is 0 Å². The molecule has 1 aromatic rings. The Bertz CT molecular complexity index is 491. The molecule has 0 spiro atoms. The number of hydrogen-bond acceptors (Lipinski definition) is 2. The van der Waals surface area contributed by atoms with E-state index in [1.54, 1.807) is 4.90 Å². The molecular formula is C14H16BrF5N2. The van der Waals surface area contributed by atoms with Crippen molar-refractivity contribution in [3.8, 4) is 0 Å². The topological polar surface area (TPSA) is 15.3 Å². The van der Waals surface area contributed by atoms with Gasteiger partial charge in [0.25, 0.3) is 0 Å². The first-order valence-corrected chi connectivity index (χ1v) is 7.73. The van der Waals surface area contributed by atoms with Gasteiger partial charge >= 0.3 is 6.18 Å². The van der Waals surface area contributed by atoms with Gasteiger partial charge in [0.15, 0.2) is 0 Å². The Morgan fingerprint density at radius 1 is 1.14 bits per heavy atom. The molecule has 124 valence electrons. The first-order chi connectivity index (χ1) is 10.3. The lowest BCUT2D eigenvalue weighted by Crippen LogP contribution is -2.45. The molecule has 1 aliphatic rings. The van der Waals surface area contributed by atoms with Crippen LogP contribution in [0.4, 0.5) is 22.0 Å². The Hall–Kier alpha value is -0.730. The lowest BCUT2D eigenvalue weighted by atomic mass is 9.98. The fourth-order valence-electron chi connectivity index (χ4n) is 2.68. The van der Waals surface area contributed by atoms with Crippen LogP contribution in [0, 0.1) is 11.6 Å². The van der Waals surface area contributed by atoms with E-state index in [0.717, 1.165) is 12.1 Å². The molecule has 22 heavy (non-hydrogen) atoms. The molecule has 0 aliphatic carbocycles. The maximum Gasteiger partial charge on any atom is 0.389 e. The van der Waals surface area contributed by atoms with Gasteiger partial charge in [-0.2, -0.15) is 13.2 Å². The van der Waals surface area contributed by atoms with E-state index in [0.29, 0.717) is 26.2 Å². The van der Waals surface area contributed by atoms with Gasteiger partial charge in [-0.25, -0.2) is 8.78 Å². The maximum atomic E-state index is 14.1. The molecule has 2 nitrogen and oxygen atoms in total. The van der Waals surface area contributed by atoms with Crippen molar-refractivity contribution in [1.82, 2.24) is 10.2 Å². The molecule has 1 atom stereocenters. The summed E-state index contributed by atoms with van der Waals surface area (Å²) < 4.78 is 66.1. The number of hydrogen-bond donors (Lipinski definition) is 1. The van der Waals surface area contributed by atoms with E-state index in [4.69, 9.17) is 0 Å². The Balaban J connectivity index is 2.30.